The van der Waals surface area contributed by atoms with Crippen LogP contribution in [0.4, 0.5) is 0 Å². The molecule has 0 fully saturated rings. The Morgan fingerprint density at radius 2 is 0.960 bits per heavy atom. The molecule has 0 saturated carbocycles. The molecule has 7 aromatic carbocycles. The highest BCUT2D eigenvalue weighted by Gasteiger charge is 2.19. The minimum atomic E-state index is 0.569. The Bertz CT molecular complexity index is 2800. The molecule has 0 aliphatic heterocycles. The maximum Gasteiger partial charge on any atom is 0.227 e. The third-order valence-corrected chi connectivity index (χ3v) is 9.16. The summed E-state index contributed by atoms with van der Waals surface area (Å²) >= 11 is 0. The van der Waals surface area contributed by atoms with Crippen LogP contribution in [0, 0.1) is 0 Å². The van der Waals surface area contributed by atoms with Crippen LogP contribution in [0.3, 0.4) is 0 Å². The van der Waals surface area contributed by atoms with Gasteiger partial charge in [-0.2, -0.15) is 0 Å². The molecule has 6 heteroatoms. The van der Waals surface area contributed by atoms with Gasteiger partial charge in [0, 0.05) is 27.6 Å². The van der Waals surface area contributed by atoms with Crippen molar-refractivity contribution >= 4 is 43.8 Å². The summed E-state index contributed by atoms with van der Waals surface area (Å²) in [5.74, 6) is 2.46. The van der Waals surface area contributed by atoms with Gasteiger partial charge in [0.2, 0.25) is 5.89 Å². The molecular formula is C44H26N4O2. The molecule has 10 aromatic rings. The van der Waals surface area contributed by atoms with Crippen molar-refractivity contribution in [2.45, 2.75) is 0 Å². The Balaban J connectivity index is 1.08. The topological polar surface area (TPSA) is 77.8 Å². The predicted octanol–water partition coefficient (Wildman–Crippen LogP) is 11.4. The van der Waals surface area contributed by atoms with E-state index < -0.39 is 0 Å². The van der Waals surface area contributed by atoms with Crippen LogP contribution in [0.15, 0.2) is 167 Å². The van der Waals surface area contributed by atoms with Crippen LogP contribution in [0.5, 0.6) is 0 Å². The molecule has 0 atom stereocenters. The van der Waals surface area contributed by atoms with Crippen molar-refractivity contribution in [1.29, 1.82) is 0 Å². The lowest BCUT2D eigenvalue weighted by atomic mass is 9.96. The van der Waals surface area contributed by atoms with Crippen molar-refractivity contribution < 1.29 is 8.83 Å². The molecule has 0 bridgehead atoms. The second kappa shape index (κ2) is 11.4. The van der Waals surface area contributed by atoms with E-state index in [4.69, 9.17) is 28.8 Å². The van der Waals surface area contributed by atoms with E-state index in [0.29, 0.717) is 23.4 Å². The van der Waals surface area contributed by atoms with E-state index in [1.807, 2.05) is 97.1 Å². The van der Waals surface area contributed by atoms with Gasteiger partial charge in [0.25, 0.3) is 0 Å². The zero-order chi connectivity index (χ0) is 33.0. The van der Waals surface area contributed by atoms with E-state index in [1.165, 1.54) is 0 Å². The average molecular weight is 643 g/mol. The fraction of sp³-hybridized carbons (Fsp3) is 0. The number of hydrogen-bond acceptors (Lipinski definition) is 6. The van der Waals surface area contributed by atoms with Crippen LogP contribution in [-0.4, -0.2) is 19.9 Å². The normalized spacial score (nSPS) is 11.6. The summed E-state index contributed by atoms with van der Waals surface area (Å²) in [7, 11) is 0. The Kier molecular flexibility index (Phi) is 6.39. The highest BCUT2D eigenvalue weighted by molar-refractivity contribution is 6.16. The third kappa shape index (κ3) is 4.73. The molecule has 0 N–H and O–H groups in total. The smallest absolute Gasteiger partial charge is 0.227 e. The van der Waals surface area contributed by atoms with Crippen molar-refractivity contribution in [2.24, 2.45) is 0 Å². The van der Waals surface area contributed by atoms with Gasteiger partial charge >= 0.3 is 0 Å². The van der Waals surface area contributed by atoms with E-state index in [-0.39, 0.29) is 0 Å². The fourth-order valence-corrected chi connectivity index (χ4v) is 6.71. The monoisotopic (exact) mass is 642 g/mol. The van der Waals surface area contributed by atoms with Crippen molar-refractivity contribution in [3.05, 3.63) is 158 Å². The summed E-state index contributed by atoms with van der Waals surface area (Å²) in [5, 5.41) is 4.12. The lowest BCUT2D eigenvalue weighted by molar-refractivity contribution is 0.623. The summed E-state index contributed by atoms with van der Waals surface area (Å²) in [6.07, 6.45) is 0. The van der Waals surface area contributed by atoms with Crippen LogP contribution >= 0.6 is 0 Å². The average Bonchev–Trinajstić information content (AvgIpc) is 3.80. The predicted molar refractivity (Wildman–Crippen MR) is 199 cm³/mol. The first-order valence-corrected chi connectivity index (χ1v) is 16.5. The summed E-state index contributed by atoms with van der Waals surface area (Å²) in [5.41, 5.74) is 8.95. The summed E-state index contributed by atoms with van der Waals surface area (Å²) in [6.45, 7) is 0. The molecule has 3 heterocycles. The van der Waals surface area contributed by atoms with Gasteiger partial charge in [-0.1, -0.05) is 127 Å². The molecular weight excluding hydrogens is 617 g/mol. The molecule has 234 valence electrons. The molecule has 0 amide bonds. The van der Waals surface area contributed by atoms with Gasteiger partial charge in [0.15, 0.2) is 23.1 Å². The zero-order valence-electron chi connectivity index (χ0n) is 26.6. The molecule has 0 radical (unpaired) electrons. The largest absolute Gasteiger partial charge is 0.456 e. The van der Waals surface area contributed by atoms with Crippen LogP contribution in [0.1, 0.15) is 0 Å². The first kappa shape index (κ1) is 28.1. The number of hydrogen-bond donors (Lipinski definition) is 0. The quantitative estimate of drug-likeness (QED) is 0.186. The van der Waals surface area contributed by atoms with Gasteiger partial charge in [0.05, 0.1) is 5.39 Å². The second-order valence-electron chi connectivity index (χ2n) is 12.3. The first-order chi connectivity index (χ1) is 24.7. The Labute approximate surface area is 286 Å². The number of aromatic nitrogens is 4. The number of furan rings is 1. The van der Waals surface area contributed by atoms with Crippen molar-refractivity contribution in [3.63, 3.8) is 0 Å². The van der Waals surface area contributed by atoms with Gasteiger partial charge in [-0.25, -0.2) is 19.9 Å². The van der Waals surface area contributed by atoms with Crippen LogP contribution in [0.25, 0.3) is 101 Å². The number of benzene rings is 7. The van der Waals surface area contributed by atoms with Gasteiger partial charge in [-0.3, -0.25) is 0 Å². The van der Waals surface area contributed by atoms with Gasteiger partial charge in [-0.05, 0) is 52.2 Å². The van der Waals surface area contributed by atoms with Crippen molar-refractivity contribution in [3.8, 4) is 56.7 Å². The maximum absolute atomic E-state index is 6.61. The van der Waals surface area contributed by atoms with Gasteiger partial charge in [-0.15, -0.1) is 0 Å². The van der Waals surface area contributed by atoms with E-state index in [0.717, 1.165) is 77.2 Å². The summed E-state index contributed by atoms with van der Waals surface area (Å²) in [6, 6.07) is 53.1. The molecule has 6 nitrogen and oxygen atoms in total. The zero-order valence-corrected chi connectivity index (χ0v) is 26.6. The molecule has 0 spiro atoms. The molecule has 0 aliphatic carbocycles. The molecule has 0 saturated heterocycles. The van der Waals surface area contributed by atoms with Crippen molar-refractivity contribution in [2.75, 3.05) is 0 Å². The molecule has 3 aromatic heterocycles. The Morgan fingerprint density at radius 1 is 0.380 bits per heavy atom. The molecule has 0 unspecified atom stereocenters. The minimum Gasteiger partial charge on any atom is -0.456 e. The number of fused-ring (bicyclic) bond motifs is 6. The maximum atomic E-state index is 6.61. The summed E-state index contributed by atoms with van der Waals surface area (Å²) < 4.78 is 12.7. The molecule has 0 aliphatic rings. The standard InChI is InChI=1S/C44H26N4O2/c1-3-11-28(12-4-1)41-46-42(29-13-5-2-6-14-29)48-43(47-41)30-21-19-27(20-22-30)32-25-31-15-7-8-16-33(31)35(26-32)44-45-36-23-24-38-39(40(36)50-44)34-17-9-10-18-37(34)49-38/h1-26H. The van der Waals surface area contributed by atoms with Crippen molar-refractivity contribution in [1.82, 2.24) is 19.9 Å². The molecule has 50 heavy (non-hydrogen) atoms. The number of rotatable bonds is 5. The first-order valence-electron chi connectivity index (χ1n) is 16.5. The van der Waals surface area contributed by atoms with Gasteiger partial charge < -0.3 is 8.83 Å². The minimum absolute atomic E-state index is 0.569. The van der Waals surface area contributed by atoms with Crippen LogP contribution in [-0.2, 0) is 0 Å². The Morgan fingerprint density at radius 3 is 1.66 bits per heavy atom. The van der Waals surface area contributed by atoms with Crippen LogP contribution < -0.4 is 0 Å². The lowest BCUT2D eigenvalue weighted by Gasteiger charge is -2.10. The second-order valence-corrected chi connectivity index (χ2v) is 12.3. The third-order valence-electron chi connectivity index (χ3n) is 9.16. The number of oxazole rings is 1. The SMILES string of the molecule is c1ccc(-c2nc(-c3ccccc3)nc(-c3ccc(-c4cc(-c5nc6ccc7oc8ccccc8c7c6o5)c5ccccc5c4)cc3)n2)cc1. The highest BCUT2D eigenvalue weighted by Crippen LogP contribution is 2.39. The van der Waals surface area contributed by atoms with E-state index in [2.05, 4.69) is 60.7 Å². The van der Waals surface area contributed by atoms with Crippen LogP contribution in [0.2, 0.25) is 0 Å². The van der Waals surface area contributed by atoms with E-state index >= 15 is 0 Å². The van der Waals surface area contributed by atoms with E-state index in [9.17, 15) is 0 Å². The highest BCUT2D eigenvalue weighted by atomic mass is 16.4. The van der Waals surface area contributed by atoms with Gasteiger partial charge in [0.1, 0.15) is 16.7 Å². The Hall–Kier alpha value is -6.92. The summed E-state index contributed by atoms with van der Waals surface area (Å²) in [4.78, 5) is 19.6. The van der Waals surface area contributed by atoms with E-state index in [1.54, 1.807) is 0 Å². The number of para-hydroxylation sites is 1. The number of nitrogens with zero attached hydrogens (tertiary/aromatic N) is 4. The lowest BCUT2D eigenvalue weighted by Crippen LogP contribution is -2.00. The molecule has 10 rings (SSSR count). The fourth-order valence-electron chi connectivity index (χ4n) is 6.71.